The fraction of sp³-hybridized carbons (Fsp3) is 0.382. The molecule has 2 aliphatic heterocycles. The van der Waals surface area contributed by atoms with Crippen LogP contribution in [0.2, 0.25) is 10.0 Å². The van der Waals surface area contributed by atoms with Gasteiger partial charge in [-0.2, -0.15) is 0 Å². The Morgan fingerprint density at radius 3 is 2.56 bits per heavy atom. The quantitative estimate of drug-likeness (QED) is 0.179. The lowest BCUT2D eigenvalue weighted by molar-refractivity contribution is -0.122. The standard InChI is InChI=1S/C34H36Cl2FN3O5/c1-5-6-14-45-25-15-18(31(42)43)10-13-23(25)38-30(41)29-27(20-8-7-9-22(36)28(20)37)34(26(40-29)17-33(2,3)4)21-12-11-19(35)16-24(21)39-32(34)44/h7-13,15-16,26-27,29,40H,5-6,14,17H2,1-4H3,(H,38,41)(H,39,44)(H,42,43)/t26-,27+,29+,34?/m0/s1. The number of rotatable bonds is 9. The number of hydrogen-bond donors (Lipinski definition) is 4. The van der Waals surface area contributed by atoms with E-state index >= 15 is 4.39 Å². The maximum atomic E-state index is 16.0. The number of hydrogen-bond acceptors (Lipinski definition) is 5. The molecule has 0 radical (unpaired) electrons. The van der Waals surface area contributed by atoms with Crippen LogP contribution in [0.3, 0.4) is 0 Å². The molecule has 4 N–H and O–H groups in total. The molecule has 8 nitrogen and oxygen atoms in total. The summed E-state index contributed by atoms with van der Waals surface area (Å²) in [5, 5.41) is 19.1. The largest absolute Gasteiger partial charge is 0.491 e. The smallest absolute Gasteiger partial charge is 0.335 e. The molecular weight excluding hydrogens is 620 g/mol. The molecule has 5 rings (SSSR count). The van der Waals surface area contributed by atoms with Crippen LogP contribution in [0.4, 0.5) is 15.8 Å². The SMILES string of the molecule is CCCCOc1cc(C(=O)O)ccc1NC(=O)[C@@H]1N[C@@H](CC(C)(C)C)C2(C(=O)Nc3cc(Cl)ccc32)[C@@H]1c1cccc(Cl)c1F. The highest BCUT2D eigenvalue weighted by Gasteiger charge is 2.66. The average molecular weight is 657 g/mol. The highest BCUT2D eigenvalue weighted by atomic mass is 35.5. The molecule has 45 heavy (non-hydrogen) atoms. The summed E-state index contributed by atoms with van der Waals surface area (Å²) in [5.74, 6) is -3.62. The Morgan fingerprint density at radius 2 is 1.87 bits per heavy atom. The minimum absolute atomic E-state index is 0.000507. The molecule has 1 spiro atoms. The van der Waals surface area contributed by atoms with Gasteiger partial charge in [-0.15, -0.1) is 0 Å². The van der Waals surface area contributed by atoms with Crippen LogP contribution in [0, 0.1) is 11.2 Å². The zero-order chi connectivity index (χ0) is 32.7. The van der Waals surface area contributed by atoms with E-state index in [9.17, 15) is 19.5 Å². The number of aromatic carboxylic acids is 1. The van der Waals surface area contributed by atoms with Crippen LogP contribution in [0.25, 0.3) is 0 Å². The van der Waals surface area contributed by atoms with E-state index < -0.39 is 41.1 Å². The van der Waals surface area contributed by atoms with Crippen molar-refractivity contribution in [1.82, 2.24) is 5.32 Å². The lowest BCUT2D eigenvalue weighted by atomic mass is 9.62. The topological polar surface area (TPSA) is 117 Å². The van der Waals surface area contributed by atoms with Crippen molar-refractivity contribution in [2.45, 2.75) is 70.4 Å². The molecule has 0 aromatic heterocycles. The van der Waals surface area contributed by atoms with E-state index in [1.807, 2.05) is 27.7 Å². The summed E-state index contributed by atoms with van der Waals surface area (Å²) < 4.78 is 21.9. The minimum Gasteiger partial charge on any atom is -0.491 e. The number of fused-ring (bicyclic) bond motifs is 2. The fourth-order valence-electron chi connectivity index (χ4n) is 6.57. The lowest BCUT2D eigenvalue weighted by Gasteiger charge is -2.37. The van der Waals surface area contributed by atoms with E-state index in [1.54, 1.807) is 30.3 Å². The van der Waals surface area contributed by atoms with E-state index in [2.05, 4.69) is 16.0 Å². The van der Waals surface area contributed by atoms with Gasteiger partial charge in [0.15, 0.2) is 0 Å². The van der Waals surface area contributed by atoms with E-state index in [0.29, 0.717) is 29.3 Å². The van der Waals surface area contributed by atoms with Gasteiger partial charge in [0.2, 0.25) is 11.8 Å². The zero-order valence-electron chi connectivity index (χ0n) is 25.5. The first-order valence-electron chi connectivity index (χ1n) is 14.9. The number of unbranched alkanes of at least 4 members (excludes halogenated alkanes) is 1. The number of ether oxygens (including phenoxy) is 1. The first-order valence-corrected chi connectivity index (χ1v) is 15.7. The molecule has 0 aliphatic carbocycles. The predicted octanol–water partition coefficient (Wildman–Crippen LogP) is 7.40. The third-order valence-corrected chi connectivity index (χ3v) is 8.99. The van der Waals surface area contributed by atoms with E-state index in [1.165, 1.54) is 24.3 Å². The van der Waals surface area contributed by atoms with Crippen LogP contribution < -0.4 is 20.7 Å². The summed E-state index contributed by atoms with van der Waals surface area (Å²) in [7, 11) is 0. The number of anilines is 2. The van der Waals surface area contributed by atoms with Crippen molar-refractivity contribution in [2.24, 2.45) is 5.41 Å². The molecule has 11 heteroatoms. The first kappa shape index (κ1) is 32.7. The summed E-state index contributed by atoms with van der Waals surface area (Å²) in [5.41, 5.74) is -0.232. The van der Waals surface area contributed by atoms with Crippen molar-refractivity contribution in [3.05, 3.63) is 87.2 Å². The van der Waals surface area contributed by atoms with Crippen LogP contribution in [0.1, 0.15) is 74.4 Å². The van der Waals surface area contributed by atoms with Crippen LogP contribution >= 0.6 is 23.2 Å². The molecule has 1 saturated heterocycles. The van der Waals surface area contributed by atoms with E-state index in [-0.39, 0.29) is 38.9 Å². The number of amides is 2. The summed E-state index contributed by atoms with van der Waals surface area (Å²) in [6.45, 7) is 8.41. The fourth-order valence-corrected chi connectivity index (χ4v) is 6.92. The molecule has 4 atom stereocenters. The number of carbonyl (C=O) groups is 3. The molecule has 1 fully saturated rings. The van der Waals surface area contributed by atoms with Gasteiger partial charge in [-0.3, -0.25) is 9.59 Å². The van der Waals surface area contributed by atoms with Gasteiger partial charge in [0.25, 0.3) is 0 Å². The molecule has 2 heterocycles. The van der Waals surface area contributed by atoms with Crippen molar-refractivity contribution in [1.29, 1.82) is 0 Å². The Kier molecular flexibility index (Phi) is 9.18. The monoisotopic (exact) mass is 655 g/mol. The summed E-state index contributed by atoms with van der Waals surface area (Å²) >= 11 is 12.6. The second-order valence-corrected chi connectivity index (χ2v) is 13.6. The average Bonchev–Trinajstić information content (AvgIpc) is 3.44. The van der Waals surface area contributed by atoms with Gasteiger partial charge in [0, 0.05) is 22.7 Å². The van der Waals surface area contributed by atoms with Crippen LogP contribution in [0.15, 0.2) is 54.6 Å². The highest BCUT2D eigenvalue weighted by molar-refractivity contribution is 6.31. The Balaban J connectivity index is 1.67. The Labute approximate surface area is 271 Å². The molecule has 1 unspecified atom stereocenters. The molecular formula is C34H36Cl2FN3O5. The molecule has 2 amide bonds. The normalized spacial score (nSPS) is 22.3. The Bertz CT molecular complexity index is 1660. The second kappa shape index (κ2) is 12.6. The second-order valence-electron chi connectivity index (χ2n) is 12.8. The Morgan fingerprint density at radius 1 is 1.11 bits per heavy atom. The van der Waals surface area contributed by atoms with Crippen LogP contribution in [-0.4, -0.2) is 41.6 Å². The molecule has 3 aromatic carbocycles. The lowest BCUT2D eigenvalue weighted by Crippen LogP contribution is -2.49. The number of carboxylic acid groups (broad SMARTS) is 1. The summed E-state index contributed by atoms with van der Waals surface area (Å²) in [6.07, 6.45) is 2.04. The van der Waals surface area contributed by atoms with Crippen molar-refractivity contribution < 1.29 is 28.6 Å². The predicted molar refractivity (Wildman–Crippen MR) is 173 cm³/mol. The third-order valence-electron chi connectivity index (χ3n) is 8.46. The van der Waals surface area contributed by atoms with Gasteiger partial charge in [0.1, 0.15) is 17.0 Å². The summed E-state index contributed by atoms with van der Waals surface area (Å²) in [4.78, 5) is 40.4. The molecule has 0 bridgehead atoms. The summed E-state index contributed by atoms with van der Waals surface area (Å²) in [6, 6.07) is 12.1. The van der Waals surface area contributed by atoms with E-state index in [4.69, 9.17) is 27.9 Å². The van der Waals surface area contributed by atoms with Gasteiger partial charge >= 0.3 is 5.97 Å². The van der Waals surface area contributed by atoms with E-state index in [0.717, 1.165) is 12.8 Å². The molecule has 2 aliphatic rings. The third kappa shape index (κ3) is 6.13. The van der Waals surface area contributed by atoms with Crippen molar-refractivity contribution in [3.8, 4) is 5.75 Å². The van der Waals surface area contributed by atoms with Gasteiger partial charge in [-0.25, -0.2) is 9.18 Å². The number of carbonyl (C=O) groups excluding carboxylic acids is 2. The number of nitrogens with one attached hydrogen (secondary N) is 3. The minimum atomic E-state index is -1.41. The Hall–Kier alpha value is -3.66. The van der Waals surface area contributed by atoms with Crippen LogP contribution in [0.5, 0.6) is 5.75 Å². The maximum absolute atomic E-state index is 16.0. The zero-order valence-corrected chi connectivity index (χ0v) is 27.0. The number of benzene rings is 3. The molecule has 0 saturated carbocycles. The van der Waals surface area contributed by atoms with Gasteiger partial charge in [-0.1, -0.05) is 75.5 Å². The van der Waals surface area contributed by atoms with Gasteiger partial charge < -0.3 is 25.8 Å². The highest BCUT2D eigenvalue weighted by Crippen LogP contribution is 2.57. The van der Waals surface area contributed by atoms with Gasteiger partial charge in [-0.05, 0) is 65.8 Å². The molecule has 3 aromatic rings. The van der Waals surface area contributed by atoms with Crippen molar-refractivity contribution >= 4 is 52.4 Å². The van der Waals surface area contributed by atoms with Crippen molar-refractivity contribution in [2.75, 3.05) is 17.2 Å². The number of carboxylic acids is 1. The van der Waals surface area contributed by atoms with Crippen LogP contribution in [-0.2, 0) is 15.0 Å². The number of halogens is 3. The first-order chi connectivity index (χ1) is 21.3. The van der Waals surface area contributed by atoms with Gasteiger partial charge in [0.05, 0.1) is 28.9 Å². The van der Waals surface area contributed by atoms with Crippen molar-refractivity contribution in [3.63, 3.8) is 0 Å². The maximum Gasteiger partial charge on any atom is 0.335 e. The molecule has 238 valence electrons.